The van der Waals surface area contributed by atoms with Crippen LogP contribution >= 0.6 is 0 Å². The van der Waals surface area contributed by atoms with E-state index in [9.17, 15) is 14.4 Å². The van der Waals surface area contributed by atoms with Crippen LogP contribution in [0.15, 0.2) is 22.8 Å². The highest BCUT2D eigenvalue weighted by Gasteiger charge is 2.49. The minimum atomic E-state index is -0.655. The molecule has 0 aromatic carbocycles. The summed E-state index contributed by atoms with van der Waals surface area (Å²) in [5, 5.41) is 5.29. The van der Waals surface area contributed by atoms with E-state index in [-0.39, 0.29) is 30.2 Å². The Morgan fingerprint density at radius 2 is 1.96 bits per heavy atom. The maximum absolute atomic E-state index is 12.4. The average molecular weight is 319 g/mol. The lowest BCUT2D eigenvalue weighted by Crippen LogP contribution is -2.52. The van der Waals surface area contributed by atoms with Crippen molar-refractivity contribution in [2.24, 2.45) is 11.8 Å². The lowest BCUT2D eigenvalue weighted by atomic mass is 9.81. The Morgan fingerprint density at radius 1 is 1.30 bits per heavy atom. The molecular weight excluding hydrogens is 298 g/mol. The summed E-state index contributed by atoms with van der Waals surface area (Å²) in [7, 11) is 0. The van der Waals surface area contributed by atoms with E-state index in [2.05, 4.69) is 10.6 Å². The predicted octanol–water partition coefficient (Wildman–Crippen LogP) is 1.60. The van der Waals surface area contributed by atoms with Crippen molar-refractivity contribution in [1.82, 2.24) is 15.5 Å². The number of fused-ring (bicyclic) bond motifs is 1. The molecule has 1 aromatic heterocycles. The summed E-state index contributed by atoms with van der Waals surface area (Å²) < 4.78 is 5.13. The molecule has 7 nitrogen and oxygen atoms in total. The van der Waals surface area contributed by atoms with Crippen molar-refractivity contribution >= 4 is 17.8 Å². The van der Waals surface area contributed by atoms with Crippen LogP contribution in [-0.2, 0) is 16.1 Å². The number of amides is 4. The van der Waals surface area contributed by atoms with Crippen molar-refractivity contribution in [3.05, 3.63) is 24.2 Å². The second kappa shape index (κ2) is 6.44. The number of furan rings is 1. The van der Waals surface area contributed by atoms with E-state index in [1.54, 1.807) is 19.1 Å². The fourth-order valence-corrected chi connectivity index (χ4v) is 3.46. The fourth-order valence-electron chi connectivity index (χ4n) is 3.46. The molecule has 23 heavy (non-hydrogen) atoms. The van der Waals surface area contributed by atoms with Gasteiger partial charge in [0.1, 0.15) is 11.9 Å². The number of nitrogens with zero attached hydrogens (tertiary/aromatic N) is 1. The molecule has 1 aliphatic heterocycles. The Hall–Kier alpha value is -2.31. The van der Waals surface area contributed by atoms with Crippen LogP contribution in [0, 0.1) is 11.8 Å². The maximum atomic E-state index is 12.4. The van der Waals surface area contributed by atoms with Gasteiger partial charge in [-0.25, -0.2) is 4.79 Å². The number of hydrogen-bond donors (Lipinski definition) is 2. The summed E-state index contributed by atoms with van der Waals surface area (Å²) in [6, 6.07) is 3.05. The van der Waals surface area contributed by atoms with Crippen molar-refractivity contribution in [2.45, 2.75) is 45.3 Å². The first kappa shape index (κ1) is 15.6. The molecule has 0 radical (unpaired) electrons. The van der Waals surface area contributed by atoms with Gasteiger partial charge in [-0.05, 0) is 31.9 Å². The zero-order chi connectivity index (χ0) is 16.4. The van der Waals surface area contributed by atoms with Gasteiger partial charge in [0.2, 0.25) is 11.8 Å². The second-order valence-electron chi connectivity index (χ2n) is 6.13. The number of rotatable bonds is 4. The number of carbonyl (C=O) groups excluding carboxylic acids is 3. The van der Waals surface area contributed by atoms with Gasteiger partial charge in [0.25, 0.3) is 0 Å². The number of likely N-dealkylation sites (tertiary alicyclic amines) is 1. The molecule has 124 valence electrons. The fraction of sp³-hybridized carbons (Fsp3) is 0.562. The van der Waals surface area contributed by atoms with E-state index in [1.807, 2.05) is 0 Å². The summed E-state index contributed by atoms with van der Waals surface area (Å²) in [6.07, 6.45) is 4.38. The molecule has 3 rings (SSSR count). The Morgan fingerprint density at radius 3 is 2.52 bits per heavy atom. The average Bonchev–Trinajstić information content (AvgIpc) is 3.13. The third-order valence-electron chi connectivity index (χ3n) is 4.61. The highest BCUT2D eigenvalue weighted by molar-refractivity contribution is 6.05. The lowest BCUT2D eigenvalue weighted by molar-refractivity contribution is -0.142. The smallest absolute Gasteiger partial charge is 0.316 e. The van der Waals surface area contributed by atoms with Crippen LogP contribution in [0.2, 0.25) is 0 Å². The van der Waals surface area contributed by atoms with Crippen molar-refractivity contribution in [3.8, 4) is 0 Å². The first-order chi connectivity index (χ1) is 11.1. The van der Waals surface area contributed by atoms with Gasteiger partial charge in [-0.3, -0.25) is 14.5 Å². The van der Waals surface area contributed by atoms with E-state index >= 15 is 0 Å². The zero-order valence-electron chi connectivity index (χ0n) is 13.1. The lowest BCUT2D eigenvalue weighted by Gasteiger charge is -2.24. The predicted molar refractivity (Wildman–Crippen MR) is 80.8 cm³/mol. The van der Waals surface area contributed by atoms with Crippen LogP contribution in [0.4, 0.5) is 4.79 Å². The molecule has 1 saturated heterocycles. The number of imide groups is 1. The Balaban J connectivity index is 1.57. The third kappa shape index (κ3) is 3.09. The van der Waals surface area contributed by atoms with Crippen LogP contribution < -0.4 is 10.6 Å². The largest absolute Gasteiger partial charge is 0.467 e. The first-order valence-corrected chi connectivity index (χ1v) is 8.01. The van der Waals surface area contributed by atoms with E-state index in [0.717, 1.165) is 25.7 Å². The minimum absolute atomic E-state index is 0.154. The minimum Gasteiger partial charge on any atom is -0.467 e. The number of urea groups is 1. The van der Waals surface area contributed by atoms with Gasteiger partial charge in [-0.2, -0.15) is 0 Å². The van der Waals surface area contributed by atoms with Gasteiger partial charge in [0.15, 0.2) is 0 Å². The van der Waals surface area contributed by atoms with Crippen LogP contribution in [0.3, 0.4) is 0 Å². The topological polar surface area (TPSA) is 91.7 Å². The van der Waals surface area contributed by atoms with Gasteiger partial charge in [-0.1, -0.05) is 12.8 Å². The number of nitrogens with one attached hydrogen (secondary N) is 2. The molecule has 2 fully saturated rings. The van der Waals surface area contributed by atoms with Crippen LogP contribution in [-0.4, -0.2) is 28.9 Å². The summed E-state index contributed by atoms with van der Waals surface area (Å²) in [4.78, 5) is 38.0. The van der Waals surface area contributed by atoms with E-state index in [4.69, 9.17) is 4.42 Å². The van der Waals surface area contributed by atoms with Crippen LogP contribution in [0.1, 0.15) is 38.4 Å². The van der Waals surface area contributed by atoms with E-state index in [0.29, 0.717) is 5.76 Å². The standard InChI is InChI=1S/C16H21N3O4/c1-10(18-16(22)17-9-11-5-4-8-23-11)19-14(20)12-6-2-3-7-13(12)15(19)21/h4-5,8,10,12-13H,2-3,6-7,9H2,1H3,(H2,17,18,22)/t10-,12-,13+/m0/s1. The third-order valence-corrected chi connectivity index (χ3v) is 4.61. The van der Waals surface area contributed by atoms with Gasteiger partial charge in [0, 0.05) is 0 Å². The van der Waals surface area contributed by atoms with Crippen molar-refractivity contribution in [3.63, 3.8) is 0 Å². The monoisotopic (exact) mass is 319 g/mol. The van der Waals surface area contributed by atoms with Gasteiger partial charge >= 0.3 is 6.03 Å². The second-order valence-corrected chi connectivity index (χ2v) is 6.13. The Labute approximate surface area is 134 Å². The van der Waals surface area contributed by atoms with E-state index < -0.39 is 12.2 Å². The highest BCUT2D eigenvalue weighted by atomic mass is 16.3. The molecule has 2 N–H and O–H groups in total. The summed E-state index contributed by atoms with van der Waals surface area (Å²) in [6.45, 7) is 1.90. The Kier molecular flexibility index (Phi) is 4.36. The molecule has 4 amide bonds. The molecule has 7 heteroatoms. The van der Waals surface area contributed by atoms with Crippen LogP contribution in [0.25, 0.3) is 0 Å². The molecule has 0 spiro atoms. The molecular formula is C16H21N3O4. The molecule has 0 unspecified atom stereocenters. The summed E-state index contributed by atoms with van der Waals surface area (Å²) in [5.41, 5.74) is 0. The molecule has 2 aliphatic rings. The van der Waals surface area contributed by atoms with Crippen LogP contribution in [0.5, 0.6) is 0 Å². The quantitative estimate of drug-likeness (QED) is 0.825. The molecule has 3 atom stereocenters. The van der Waals surface area contributed by atoms with Crippen molar-refractivity contribution in [1.29, 1.82) is 0 Å². The van der Waals surface area contributed by atoms with Gasteiger partial charge < -0.3 is 15.1 Å². The maximum Gasteiger partial charge on any atom is 0.316 e. The number of hydrogen-bond acceptors (Lipinski definition) is 4. The van der Waals surface area contributed by atoms with Crippen molar-refractivity contribution in [2.75, 3.05) is 0 Å². The SMILES string of the molecule is C[C@@H](NC(=O)NCc1ccco1)N1C(=O)[C@H]2CCCC[C@H]2C1=O. The van der Waals surface area contributed by atoms with Gasteiger partial charge in [0.05, 0.1) is 24.6 Å². The van der Waals surface area contributed by atoms with Crippen molar-refractivity contribution < 1.29 is 18.8 Å². The molecule has 1 aliphatic carbocycles. The van der Waals surface area contributed by atoms with E-state index in [1.165, 1.54) is 11.2 Å². The summed E-state index contributed by atoms with van der Waals surface area (Å²) in [5.74, 6) is -0.0809. The number of carbonyl (C=O) groups is 3. The summed E-state index contributed by atoms with van der Waals surface area (Å²) >= 11 is 0. The first-order valence-electron chi connectivity index (χ1n) is 8.01. The molecule has 0 bridgehead atoms. The van der Waals surface area contributed by atoms with Gasteiger partial charge in [-0.15, -0.1) is 0 Å². The molecule has 1 saturated carbocycles. The highest BCUT2D eigenvalue weighted by Crippen LogP contribution is 2.38. The molecule has 1 aromatic rings. The Bertz CT molecular complexity index is 574. The zero-order valence-corrected chi connectivity index (χ0v) is 13.1. The normalized spacial score (nSPS) is 25.2. The molecule has 2 heterocycles.